The first-order valence-electron chi connectivity index (χ1n) is 7.80. The Bertz CT molecular complexity index is 371. The molecule has 0 rings (SSSR count). The van der Waals surface area contributed by atoms with Gasteiger partial charge in [-0.25, -0.2) is 0 Å². The fourth-order valence-electron chi connectivity index (χ4n) is 1.68. The minimum absolute atomic E-state index is 0.0365. The third kappa shape index (κ3) is 14.3. The molecule has 0 heterocycles. The Morgan fingerprint density at radius 1 is 0.840 bits per heavy atom. The number of aliphatic hydroxyl groups is 1. The van der Waals surface area contributed by atoms with Crippen molar-refractivity contribution in [1.29, 1.82) is 0 Å². The highest BCUT2D eigenvalue weighted by Gasteiger charge is 2.20. The number of hydrogen-bond donors (Lipinski definition) is 2. The number of esters is 2. The van der Waals surface area contributed by atoms with Crippen LogP contribution in [-0.2, 0) is 38.1 Å². The smallest absolute Gasteiger partial charge is 0.307 e. The van der Waals surface area contributed by atoms with Crippen LogP contribution in [0.25, 0.3) is 0 Å². The minimum Gasteiger partial charge on any atom is -0.469 e. The Kier molecular flexibility index (Phi) is 14.7. The summed E-state index contributed by atoms with van der Waals surface area (Å²) < 4.78 is 24.4. The lowest BCUT2D eigenvalue weighted by molar-refractivity contribution is -0.143. The lowest BCUT2D eigenvalue weighted by Crippen LogP contribution is -2.40. The maximum absolute atomic E-state index is 11.8. The molecule has 25 heavy (non-hydrogen) atoms. The van der Waals surface area contributed by atoms with E-state index in [2.05, 4.69) is 14.8 Å². The molecular formula is C15H27NO9. The molecule has 2 N–H and O–H groups in total. The summed E-state index contributed by atoms with van der Waals surface area (Å²) in [7, 11) is 2.44. The van der Waals surface area contributed by atoms with Gasteiger partial charge in [-0.15, -0.1) is 0 Å². The number of carbonyl (C=O) groups is 3. The second-order valence-electron chi connectivity index (χ2n) is 4.83. The number of carbonyl (C=O) groups excluding carboxylic acids is 3. The maximum Gasteiger partial charge on any atom is 0.307 e. The van der Waals surface area contributed by atoms with Gasteiger partial charge in [0.2, 0.25) is 5.91 Å². The van der Waals surface area contributed by atoms with E-state index in [0.717, 1.165) is 0 Å². The lowest BCUT2D eigenvalue weighted by atomic mass is 10.1. The third-order valence-corrected chi connectivity index (χ3v) is 2.86. The first kappa shape index (κ1) is 23.2. The van der Waals surface area contributed by atoms with Crippen LogP contribution in [0.5, 0.6) is 0 Å². The van der Waals surface area contributed by atoms with Gasteiger partial charge in [0.15, 0.2) is 0 Å². The van der Waals surface area contributed by atoms with Crippen LogP contribution in [0.4, 0.5) is 0 Å². The maximum atomic E-state index is 11.8. The molecule has 0 spiro atoms. The molecule has 0 saturated carbocycles. The van der Waals surface area contributed by atoms with Crippen molar-refractivity contribution in [3.8, 4) is 0 Å². The van der Waals surface area contributed by atoms with E-state index < -0.39 is 23.9 Å². The Labute approximate surface area is 146 Å². The predicted molar refractivity (Wildman–Crippen MR) is 84.7 cm³/mol. The topological polar surface area (TPSA) is 130 Å². The number of methoxy groups -OCH3 is 2. The summed E-state index contributed by atoms with van der Waals surface area (Å²) in [4.78, 5) is 34.4. The van der Waals surface area contributed by atoms with E-state index in [1.165, 1.54) is 14.2 Å². The van der Waals surface area contributed by atoms with Crippen LogP contribution in [0.15, 0.2) is 0 Å². The summed E-state index contributed by atoms with van der Waals surface area (Å²) >= 11 is 0. The number of aliphatic hydroxyl groups excluding tert-OH is 1. The third-order valence-electron chi connectivity index (χ3n) is 2.86. The number of rotatable bonds is 15. The van der Waals surface area contributed by atoms with Crippen LogP contribution in [-0.4, -0.2) is 89.5 Å². The van der Waals surface area contributed by atoms with E-state index in [9.17, 15) is 14.4 Å². The van der Waals surface area contributed by atoms with Gasteiger partial charge >= 0.3 is 11.9 Å². The van der Waals surface area contributed by atoms with E-state index in [-0.39, 0.29) is 45.9 Å². The van der Waals surface area contributed by atoms with Crippen molar-refractivity contribution in [2.45, 2.75) is 18.9 Å². The van der Waals surface area contributed by atoms with Gasteiger partial charge in [0, 0.05) is 6.04 Å². The van der Waals surface area contributed by atoms with E-state index >= 15 is 0 Å². The van der Waals surface area contributed by atoms with Crippen molar-refractivity contribution in [1.82, 2.24) is 5.32 Å². The van der Waals surface area contributed by atoms with Gasteiger partial charge in [-0.1, -0.05) is 0 Å². The molecule has 10 nitrogen and oxygen atoms in total. The van der Waals surface area contributed by atoms with Gasteiger partial charge in [0.05, 0.1) is 66.7 Å². The lowest BCUT2D eigenvalue weighted by Gasteiger charge is -2.16. The molecular weight excluding hydrogens is 338 g/mol. The average Bonchev–Trinajstić information content (AvgIpc) is 2.59. The zero-order chi connectivity index (χ0) is 18.9. The van der Waals surface area contributed by atoms with Crippen LogP contribution in [0.3, 0.4) is 0 Å². The van der Waals surface area contributed by atoms with Gasteiger partial charge < -0.3 is 34.1 Å². The molecule has 0 aromatic carbocycles. The molecule has 0 aliphatic rings. The molecule has 0 aromatic heterocycles. The van der Waals surface area contributed by atoms with Crippen molar-refractivity contribution in [3.05, 3.63) is 0 Å². The Hall–Kier alpha value is -1.75. The van der Waals surface area contributed by atoms with Crippen molar-refractivity contribution in [2.24, 2.45) is 0 Å². The van der Waals surface area contributed by atoms with E-state index in [1.54, 1.807) is 0 Å². The largest absolute Gasteiger partial charge is 0.469 e. The van der Waals surface area contributed by atoms with Gasteiger partial charge in [0.1, 0.15) is 6.61 Å². The molecule has 0 saturated heterocycles. The second-order valence-corrected chi connectivity index (χ2v) is 4.83. The van der Waals surface area contributed by atoms with E-state index in [1.807, 2.05) is 0 Å². The fraction of sp³-hybridized carbons (Fsp3) is 0.800. The first-order chi connectivity index (χ1) is 12.0. The van der Waals surface area contributed by atoms with Gasteiger partial charge in [-0.05, 0) is 0 Å². The molecule has 0 aromatic rings. The molecule has 146 valence electrons. The Morgan fingerprint density at radius 2 is 1.32 bits per heavy atom. The summed E-state index contributed by atoms with van der Waals surface area (Å²) in [6, 6.07) is -0.726. The van der Waals surface area contributed by atoms with Gasteiger partial charge in [-0.2, -0.15) is 0 Å². The fourth-order valence-corrected chi connectivity index (χ4v) is 1.68. The highest BCUT2D eigenvalue weighted by Crippen LogP contribution is 2.02. The normalized spacial score (nSPS) is 10.6. The van der Waals surface area contributed by atoms with E-state index in [0.29, 0.717) is 13.2 Å². The van der Waals surface area contributed by atoms with Crippen molar-refractivity contribution in [3.63, 3.8) is 0 Å². The quantitative estimate of drug-likeness (QED) is 0.267. The zero-order valence-electron chi connectivity index (χ0n) is 14.7. The summed E-state index contributed by atoms with van der Waals surface area (Å²) in [5.74, 6) is -1.57. The van der Waals surface area contributed by atoms with Gasteiger partial charge in [0.25, 0.3) is 0 Å². The average molecular weight is 365 g/mol. The number of ether oxygens (including phenoxy) is 5. The summed E-state index contributed by atoms with van der Waals surface area (Å²) in [6.07, 6.45) is -0.289. The zero-order valence-corrected chi connectivity index (χ0v) is 14.7. The predicted octanol–water partition coefficient (Wildman–Crippen LogP) is -1.36. The van der Waals surface area contributed by atoms with Crippen LogP contribution >= 0.6 is 0 Å². The molecule has 10 heteroatoms. The molecule has 0 radical (unpaired) electrons. The highest BCUT2D eigenvalue weighted by molar-refractivity contribution is 5.80. The van der Waals surface area contributed by atoms with E-state index in [4.69, 9.17) is 19.3 Å². The Morgan fingerprint density at radius 3 is 1.80 bits per heavy atom. The molecule has 0 fully saturated rings. The summed E-state index contributed by atoms with van der Waals surface area (Å²) in [6.45, 7) is 1.20. The molecule has 0 unspecified atom stereocenters. The van der Waals surface area contributed by atoms with Gasteiger partial charge in [-0.3, -0.25) is 14.4 Å². The second kappa shape index (κ2) is 15.8. The number of nitrogens with one attached hydrogen (secondary N) is 1. The highest BCUT2D eigenvalue weighted by atomic mass is 16.5. The molecule has 1 amide bonds. The molecule has 0 atom stereocenters. The summed E-state index contributed by atoms with van der Waals surface area (Å²) in [5, 5.41) is 11.0. The number of amides is 1. The van der Waals surface area contributed by atoms with Crippen molar-refractivity contribution >= 4 is 17.8 Å². The number of hydrogen-bond acceptors (Lipinski definition) is 9. The first-order valence-corrected chi connectivity index (χ1v) is 7.80. The summed E-state index contributed by atoms with van der Waals surface area (Å²) in [5.41, 5.74) is 0. The molecule has 0 aliphatic heterocycles. The van der Waals surface area contributed by atoms with Crippen LogP contribution in [0, 0.1) is 0 Å². The monoisotopic (exact) mass is 365 g/mol. The Balaban J connectivity index is 3.89. The minimum atomic E-state index is -0.726. The molecule has 0 aliphatic carbocycles. The van der Waals surface area contributed by atoms with Crippen molar-refractivity contribution < 1.29 is 43.2 Å². The van der Waals surface area contributed by atoms with Crippen LogP contribution < -0.4 is 5.32 Å². The SMILES string of the molecule is COC(=O)CC(CC(=O)OC)NC(=O)COCCOCCOCCO. The van der Waals surface area contributed by atoms with Crippen LogP contribution in [0.2, 0.25) is 0 Å². The molecule has 0 bridgehead atoms. The van der Waals surface area contributed by atoms with Crippen molar-refractivity contribution in [2.75, 3.05) is 60.5 Å². The standard InChI is InChI=1S/C15H27NO9/c1-21-14(19)9-12(10-15(20)22-2)16-13(18)11-25-8-7-24-6-5-23-4-3-17/h12,17H,3-11H2,1-2H3,(H,16,18). The van der Waals surface area contributed by atoms with Crippen LogP contribution in [0.1, 0.15) is 12.8 Å².